The highest BCUT2D eigenvalue weighted by Crippen LogP contribution is 2.25. The van der Waals surface area contributed by atoms with Crippen molar-refractivity contribution in [2.45, 2.75) is 0 Å². The molecule has 0 unspecified atom stereocenters. The zero-order valence-corrected chi connectivity index (χ0v) is 11.1. The number of rotatable bonds is 5. The number of benzene rings is 1. The monoisotopic (exact) mass is 307 g/mol. The van der Waals surface area contributed by atoms with Crippen LogP contribution in [0.3, 0.4) is 0 Å². The van der Waals surface area contributed by atoms with E-state index in [0.29, 0.717) is 0 Å². The minimum atomic E-state index is -3.72. The zero-order valence-electron chi connectivity index (χ0n) is 9.50. The summed E-state index contributed by atoms with van der Waals surface area (Å²) in [6.45, 7) is -0.264. The maximum Gasteiger partial charge on any atom is 0.283 e. The molecule has 1 aromatic rings. The van der Waals surface area contributed by atoms with Gasteiger partial charge in [-0.25, -0.2) is 13.6 Å². The number of nitro groups is 1. The topological polar surface area (TPSA) is 132 Å². The number of hydrogen-bond acceptors (Lipinski definition) is 5. The van der Waals surface area contributed by atoms with E-state index in [9.17, 15) is 23.3 Å². The van der Waals surface area contributed by atoms with Gasteiger partial charge in [-0.05, 0) is 6.07 Å². The Kier molecular flexibility index (Phi) is 4.81. The third-order valence-electron chi connectivity index (χ3n) is 2.09. The Morgan fingerprint density at radius 3 is 2.63 bits per heavy atom. The molecule has 10 heteroatoms. The van der Waals surface area contributed by atoms with Crippen molar-refractivity contribution in [3.63, 3.8) is 0 Å². The summed E-state index contributed by atoms with van der Waals surface area (Å²) < 4.78 is 21.4. The molecular weight excluding hydrogens is 298 g/mol. The number of hydrogen-bond donors (Lipinski definition) is 2. The van der Waals surface area contributed by atoms with Gasteiger partial charge in [0.25, 0.3) is 11.6 Å². The lowest BCUT2D eigenvalue weighted by atomic mass is 10.1. The lowest BCUT2D eigenvalue weighted by Crippen LogP contribution is -2.32. The molecular formula is C9H10ClN3O5S. The summed E-state index contributed by atoms with van der Waals surface area (Å²) in [7, 11) is -3.72. The van der Waals surface area contributed by atoms with Gasteiger partial charge in [-0.3, -0.25) is 14.9 Å². The Morgan fingerprint density at radius 2 is 2.11 bits per heavy atom. The summed E-state index contributed by atoms with van der Waals surface area (Å²) in [6, 6.07) is 3.78. The predicted molar refractivity (Wildman–Crippen MR) is 68.4 cm³/mol. The first-order valence-electron chi connectivity index (χ1n) is 4.94. The smallest absolute Gasteiger partial charge is 0.283 e. The van der Waals surface area contributed by atoms with Crippen LogP contribution < -0.4 is 10.5 Å². The number of nitrogens with zero attached hydrogens (tertiary/aromatic N) is 1. The first-order valence-corrected chi connectivity index (χ1v) is 7.03. The second-order valence-corrected chi connectivity index (χ2v) is 5.66. The van der Waals surface area contributed by atoms with Gasteiger partial charge in [-0.2, -0.15) is 0 Å². The van der Waals surface area contributed by atoms with Crippen LogP contribution in [-0.4, -0.2) is 31.5 Å². The highest BCUT2D eigenvalue weighted by Gasteiger charge is 2.23. The van der Waals surface area contributed by atoms with E-state index < -0.39 is 32.3 Å². The van der Waals surface area contributed by atoms with Crippen LogP contribution in [0.1, 0.15) is 10.4 Å². The number of primary sulfonamides is 1. The molecule has 1 amide bonds. The zero-order chi connectivity index (χ0) is 14.6. The average molecular weight is 308 g/mol. The van der Waals surface area contributed by atoms with Gasteiger partial charge in [0.1, 0.15) is 5.56 Å². The molecule has 0 fully saturated rings. The molecule has 1 aromatic carbocycles. The van der Waals surface area contributed by atoms with Crippen LogP contribution in [0.15, 0.2) is 18.2 Å². The molecule has 0 heterocycles. The normalized spacial score (nSPS) is 11.1. The van der Waals surface area contributed by atoms with Gasteiger partial charge >= 0.3 is 0 Å². The molecule has 0 atom stereocenters. The molecule has 19 heavy (non-hydrogen) atoms. The molecule has 0 aliphatic carbocycles. The number of amides is 1. The summed E-state index contributed by atoms with van der Waals surface area (Å²) in [5.41, 5.74) is -0.774. The third-order valence-corrected chi connectivity index (χ3v) is 3.18. The van der Waals surface area contributed by atoms with Crippen molar-refractivity contribution >= 4 is 33.2 Å². The van der Waals surface area contributed by atoms with Crippen molar-refractivity contribution in [3.05, 3.63) is 38.9 Å². The van der Waals surface area contributed by atoms with Crippen molar-refractivity contribution in [1.82, 2.24) is 5.32 Å². The summed E-state index contributed by atoms with van der Waals surface area (Å²) >= 11 is 5.73. The van der Waals surface area contributed by atoms with E-state index in [-0.39, 0.29) is 17.1 Å². The first-order chi connectivity index (χ1) is 8.72. The van der Waals surface area contributed by atoms with Crippen LogP contribution in [0.25, 0.3) is 0 Å². The fourth-order valence-corrected chi connectivity index (χ4v) is 1.93. The van der Waals surface area contributed by atoms with Crippen LogP contribution in [0.4, 0.5) is 5.69 Å². The van der Waals surface area contributed by atoms with Gasteiger partial charge in [0.15, 0.2) is 0 Å². The van der Waals surface area contributed by atoms with E-state index in [2.05, 4.69) is 5.32 Å². The largest absolute Gasteiger partial charge is 0.351 e. The SMILES string of the molecule is NS(=O)(=O)CCNC(=O)c1c(Cl)cccc1[N+](=O)[O-]. The Morgan fingerprint density at radius 1 is 1.47 bits per heavy atom. The van der Waals surface area contributed by atoms with Crippen LogP contribution in [-0.2, 0) is 10.0 Å². The number of carbonyl (C=O) groups is 1. The molecule has 3 N–H and O–H groups in total. The van der Waals surface area contributed by atoms with E-state index in [4.69, 9.17) is 16.7 Å². The molecule has 0 aliphatic rings. The minimum absolute atomic E-state index is 0.0951. The molecule has 8 nitrogen and oxygen atoms in total. The van der Waals surface area contributed by atoms with E-state index in [0.717, 1.165) is 6.07 Å². The van der Waals surface area contributed by atoms with E-state index >= 15 is 0 Å². The van der Waals surface area contributed by atoms with E-state index in [1.165, 1.54) is 12.1 Å². The molecule has 0 saturated heterocycles. The minimum Gasteiger partial charge on any atom is -0.351 e. The second-order valence-electron chi connectivity index (χ2n) is 3.51. The fraction of sp³-hybridized carbons (Fsp3) is 0.222. The first kappa shape index (κ1) is 15.3. The number of nitrogens with one attached hydrogen (secondary N) is 1. The average Bonchev–Trinajstić information content (AvgIpc) is 2.26. The van der Waals surface area contributed by atoms with Crippen LogP contribution >= 0.6 is 11.6 Å². The summed E-state index contributed by atoms with van der Waals surface area (Å²) in [5, 5.41) is 17.6. The number of nitro benzene ring substituents is 1. The fourth-order valence-electron chi connectivity index (χ4n) is 1.28. The third kappa shape index (κ3) is 4.47. The van der Waals surface area contributed by atoms with Crippen LogP contribution in [0, 0.1) is 10.1 Å². The molecule has 0 aliphatic heterocycles. The second kappa shape index (κ2) is 5.95. The molecule has 0 saturated carbocycles. The molecule has 104 valence electrons. The molecule has 0 bridgehead atoms. The van der Waals surface area contributed by atoms with Gasteiger partial charge in [0.2, 0.25) is 10.0 Å². The summed E-state index contributed by atoms with van der Waals surface area (Å²) in [5.74, 6) is -1.31. The van der Waals surface area contributed by atoms with Crippen LogP contribution in [0.2, 0.25) is 5.02 Å². The van der Waals surface area contributed by atoms with Gasteiger partial charge in [0, 0.05) is 12.6 Å². The van der Waals surface area contributed by atoms with Gasteiger partial charge in [-0.15, -0.1) is 0 Å². The Hall–Kier alpha value is -1.71. The van der Waals surface area contributed by atoms with Gasteiger partial charge in [0.05, 0.1) is 15.7 Å². The van der Waals surface area contributed by atoms with E-state index in [1.54, 1.807) is 0 Å². The number of sulfonamides is 1. The summed E-state index contributed by atoms with van der Waals surface area (Å²) in [6.07, 6.45) is 0. The maximum absolute atomic E-state index is 11.7. The lowest BCUT2D eigenvalue weighted by molar-refractivity contribution is -0.385. The molecule has 0 aromatic heterocycles. The summed E-state index contributed by atoms with van der Waals surface area (Å²) in [4.78, 5) is 21.8. The highest BCUT2D eigenvalue weighted by molar-refractivity contribution is 7.89. The van der Waals surface area contributed by atoms with Gasteiger partial charge < -0.3 is 5.32 Å². The van der Waals surface area contributed by atoms with Crippen LogP contribution in [0.5, 0.6) is 0 Å². The lowest BCUT2D eigenvalue weighted by Gasteiger charge is -2.06. The predicted octanol–water partition coefficient (Wildman–Crippen LogP) is 0.267. The number of nitrogens with two attached hydrogens (primary N) is 1. The van der Waals surface area contributed by atoms with Crippen molar-refractivity contribution in [1.29, 1.82) is 0 Å². The Labute approximate surface area is 113 Å². The number of carbonyl (C=O) groups excluding carboxylic acids is 1. The Bertz CT molecular complexity index is 616. The van der Waals surface area contributed by atoms with Crippen molar-refractivity contribution in [3.8, 4) is 0 Å². The standard InChI is InChI=1S/C9H10ClN3O5S/c10-6-2-1-3-7(13(15)16)8(6)9(14)12-4-5-19(11,17)18/h1-3H,4-5H2,(H,12,14)(H2,11,17,18). The van der Waals surface area contributed by atoms with Crippen molar-refractivity contribution in [2.24, 2.45) is 5.14 Å². The molecule has 0 spiro atoms. The number of halogens is 1. The van der Waals surface area contributed by atoms with Crippen molar-refractivity contribution in [2.75, 3.05) is 12.3 Å². The van der Waals surface area contributed by atoms with E-state index in [1.807, 2.05) is 0 Å². The highest BCUT2D eigenvalue weighted by atomic mass is 35.5. The molecule has 0 radical (unpaired) electrons. The maximum atomic E-state index is 11.7. The molecule has 1 rings (SSSR count). The van der Waals surface area contributed by atoms with Crippen molar-refractivity contribution < 1.29 is 18.1 Å². The quantitative estimate of drug-likeness (QED) is 0.595. The Balaban J connectivity index is 2.91. The van der Waals surface area contributed by atoms with Gasteiger partial charge in [-0.1, -0.05) is 17.7 Å².